The number of hydrogen-bond donors (Lipinski definition) is 0. The van der Waals surface area contributed by atoms with E-state index in [9.17, 15) is 0 Å². The first-order valence-electron chi connectivity index (χ1n) is 5.11. The summed E-state index contributed by atoms with van der Waals surface area (Å²) in [6.07, 6.45) is 2.48. The molecule has 0 N–H and O–H groups in total. The highest BCUT2D eigenvalue weighted by Crippen LogP contribution is 2.24. The van der Waals surface area contributed by atoms with Gasteiger partial charge in [0.2, 0.25) is 0 Å². The first kappa shape index (κ1) is 11.1. The molecule has 0 amide bonds. The van der Waals surface area contributed by atoms with Gasteiger partial charge in [0.25, 0.3) is 5.89 Å². The molecule has 1 unspecified atom stereocenters. The van der Waals surface area contributed by atoms with Crippen LogP contribution < -0.4 is 0 Å². The van der Waals surface area contributed by atoms with Gasteiger partial charge in [-0.25, -0.2) is 0 Å². The largest absolute Gasteiger partial charge is 0.334 e. The van der Waals surface area contributed by atoms with E-state index >= 15 is 0 Å². The first-order valence-corrected chi connectivity index (χ1v) is 5.55. The summed E-state index contributed by atoms with van der Waals surface area (Å²) in [4.78, 5) is 8.40. The second kappa shape index (κ2) is 4.61. The molecule has 2 aromatic heterocycles. The fourth-order valence-electron chi connectivity index (χ4n) is 1.26. The van der Waals surface area contributed by atoms with Crippen molar-refractivity contribution in [1.82, 2.24) is 15.1 Å². The van der Waals surface area contributed by atoms with Gasteiger partial charge in [0.05, 0.1) is 10.9 Å². The Kier molecular flexibility index (Phi) is 3.19. The zero-order valence-electron chi connectivity index (χ0n) is 9.14. The molecule has 0 spiro atoms. The molecule has 2 rings (SSSR count). The van der Waals surface area contributed by atoms with Crippen LogP contribution in [0.2, 0.25) is 0 Å². The average molecular weight is 238 g/mol. The molecule has 0 aromatic carbocycles. The van der Waals surface area contributed by atoms with Crippen LogP contribution in [0.1, 0.15) is 30.2 Å². The minimum Gasteiger partial charge on any atom is -0.334 e. The Morgan fingerprint density at radius 1 is 1.44 bits per heavy atom. The van der Waals surface area contributed by atoms with Crippen molar-refractivity contribution < 1.29 is 4.52 Å². The van der Waals surface area contributed by atoms with Crippen molar-refractivity contribution in [3.8, 4) is 11.5 Å². The van der Waals surface area contributed by atoms with E-state index in [0.29, 0.717) is 11.7 Å². The molecule has 0 aliphatic heterocycles. The Balaban J connectivity index is 2.28. The van der Waals surface area contributed by atoms with Gasteiger partial charge >= 0.3 is 0 Å². The van der Waals surface area contributed by atoms with Crippen LogP contribution in [0.25, 0.3) is 11.5 Å². The Labute approximate surface area is 98.7 Å². The Morgan fingerprint density at radius 2 is 2.25 bits per heavy atom. The van der Waals surface area contributed by atoms with Crippen LogP contribution >= 0.6 is 11.6 Å². The third kappa shape index (κ3) is 2.22. The highest BCUT2D eigenvalue weighted by Gasteiger charge is 2.14. The fraction of sp³-hybridized carbons (Fsp3) is 0.364. The summed E-state index contributed by atoms with van der Waals surface area (Å²) in [7, 11) is 0. The van der Waals surface area contributed by atoms with Gasteiger partial charge in [-0.3, -0.25) is 4.98 Å². The summed E-state index contributed by atoms with van der Waals surface area (Å²) >= 11 is 6.02. The molecule has 2 heterocycles. The van der Waals surface area contributed by atoms with Crippen molar-refractivity contribution in [3.63, 3.8) is 0 Å². The van der Waals surface area contributed by atoms with Crippen LogP contribution in [-0.4, -0.2) is 15.1 Å². The van der Waals surface area contributed by atoms with E-state index in [1.807, 2.05) is 26.0 Å². The van der Waals surface area contributed by atoms with Gasteiger partial charge in [0.15, 0.2) is 5.82 Å². The topological polar surface area (TPSA) is 51.8 Å². The molecule has 1 atom stereocenters. The first-order chi connectivity index (χ1) is 7.70. The number of alkyl halides is 1. The van der Waals surface area contributed by atoms with Gasteiger partial charge in [-0.2, -0.15) is 4.98 Å². The summed E-state index contributed by atoms with van der Waals surface area (Å²) in [5.74, 6) is 0.987. The number of hydrogen-bond acceptors (Lipinski definition) is 4. The van der Waals surface area contributed by atoms with Crippen molar-refractivity contribution in [3.05, 3.63) is 29.8 Å². The van der Waals surface area contributed by atoms with E-state index in [0.717, 1.165) is 17.7 Å². The third-order valence-corrected chi connectivity index (χ3v) is 2.74. The average Bonchev–Trinajstić information content (AvgIpc) is 2.78. The maximum absolute atomic E-state index is 6.02. The SMILES string of the molecule is CCC(Cl)c1noc(-c2ccc(C)nc2)n1. The number of nitrogens with zero attached hydrogens (tertiary/aromatic N) is 3. The highest BCUT2D eigenvalue weighted by atomic mass is 35.5. The fourth-order valence-corrected chi connectivity index (χ4v) is 1.34. The molecule has 4 nitrogen and oxygen atoms in total. The van der Waals surface area contributed by atoms with Crippen LogP contribution in [0.4, 0.5) is 0 Å². The highest BCUT2D eigenvalue weighted by molar-refractivity contribution is 6.20. The van der Waals surface area contributed by atoms with Crippen molar-refractivity contribution in [2.24, 2.45) is 0 Å². The lowest BCUT2D eigenvalue weighted by Gasteiger charge is -1.96. The van der Waals surface area contributed by atoms with Gasteiger partial charge in [-0.1, -0.05) is 12.1 Å². The number of rotatable bonds is 3. The van der Waals surface area contributed by atoms with Crippen molar-refractivity contribution in [1.29, 1.82) is 0 Å². The summed E-state index contributed by atoms with van der Waals surface area (Å²) < 4.78 is 5.13. The van der Waals surface area contributed by atoms with Gasteiger partial charge in [0, 0.05) is 11.9 Å². The number of halogens is 1. The van der Waals surface area contributed by atoms with Crippen LogP contribution in [-0.2, 0) is 0 Å². The van der Waals surface area contributed by atoms with Crippen molar-refractivity contribution in [2.75, 3.05) is 0 Å². The molecule has 0 fully saturated rings. The molecular formula is C11H12ClN3O. The van der Waals surface area contributed by atoms with Crippen LogP contribution in [0.15, 0.2) is 22.9 Å². The molecule has 0 bridgehead atoms. The lowest BCUT2D eigenvalue weighted by Crippen LogP contribution is -1.90. The lowest BCUT2D eigenvalue weighted by molar-refractivity contribution is 0.421. The van der Waals surface area contributed by atoms with Crippen LogP contribution in [0, 0.1) is 6.92 Å². The smallest absolute Gasteiger partial charge is 0.259 e. The Bertz CT molecular complexity index is 466. The maximum atomic E-state index is 6.02. The van der Waals surface area contributed by atoms with E-state index in [2.05, 4.69) is 15.1 Å². The van der Waals surface area contributed by atoms with Crippen molar-refractivity contribution in [2.45, 2.75) is 25.6 Å². The standard InChI is InChI=1S/C11H12ClN3O/c1-3-9(12)10-14-11(16-15-10)8-5-4-7(2)13-6-8/h4-6,9H,3H2,1-2H3. The van der Waals surface area contributed by atoms with Gasteiger partial charge in [0.1, 0.15) is 0 Å². The number of pyridine rings is 1. The summed E-state index contributed by atoms with van der Waals surface area (Å²) in [5, 5.41) is 3.64. The predicted molar refractivity (Wildman–Crippen MR) is 61.2 cm³/mol. The second-order valence-electron chi connectivity index (χ2n) is 3.52. The monoisotopic (exact) mass is 237 g/mol. The van der Waals surface area contributed by atoms with Crippen LogP contribution in [0.3, 0.4) is 0 Å². The summed E-state index contributed by atoms with van der Waals surface area (Å²) in [6.45, 7) is 3.90. The molecule has 2 aromatic rings. The van der Waals surface area contributed by atoms with E-state index in [4.69, 9.17) is 16.1 Å². The minimum atomic E-state index is -0.198. The molecule has 0 aliphatic carbocycles. The van der Waals surface area contributed by atoms with E-state index < -0.39 is 0 Å². The van der Waals surface area contributed by atoms with Crippen LogP contribution in [0.5, 0.6) is 0 Å². The summed E-state index contributed by atoms with van der Waals surface area (Å²) in [6, 6.07) is 3.80. The van der Waals surface area contributed by atoms with Gasteiger partial charge in [-0.15, -0.1) is 11.6 Å². The molecular weight excluding hydrogens is 226 g/mol. The Hall–Kier alpha value is -1.42. The van der Waals surface area contributed by atoms with E-state index in [1.54, 1.807) is 6.20 Å². The second-order valence-corrected chi connectivity index (χ2v) is 4.05. The van der Waals surface area contributed by atoms with Gasteiger partial charge in [-0.05, 0) is 25.5 Å². The molecule has 0 saturated carbocycles. The normalized spacial score (nSPS) is 12.7. The molecule has 5 heteroatoms. The number of aryl methyl sites for hydroxylation is 1. The molecule has 84 valence electrons. The van der Waals surface area contributed by atoms with E-state index in [1.165, 1.54) is 0 Å². The van der Waals surface area contributed by atoms with Gasteiger partial charge < -0.3 is 4.52 Å². The Morgan fingerprint density at radius 3 is 2.88 bits per heavy atom. The summed E-state index contributed by atoms with van der Waals surface area (Å²) in [5.41, 5.74) is 1.76. The molecule has 16 heavy (non-hydrogen) atoms. The molecule has 0 aliphatic rings. The quantitative estimate of drug-likeness (QED) is 0.770. The zero-order valence-corrected chi connectivity index (χ0v) is 9.90. The third-order valence-electron chi connectivity index (χ3n) is 2.24. The minimum absolute atomic E-state index is 0.198. The van der Waals surface area contributed by atoms with E-state index in [-0.39, 0.29) is 5.38 Å². The lowest BCUT2D eigenvalue weighted by atomic mass is 10.2. The number of aromatic nitrogens is 3. The maximum Gasteiger partial charge on any atom is 0.259 e. The predicted octanol–water partition coefficient (Wildman–Crippen LogP) is 3.13. The molecule has 0 saturated heterocycles. The zero-order chi connectivity index (χ0) is 11.5. The molecule has 0 radical (unpaired) electrons. The van der Waals surface area contributed by atoms with Crippen molar-refractivity contribution >= 4 is 11.6 Å².